The van der Waals surface area contributed by atoms with Crippen LogP contribution >= 0.6 is 11.6 Å². The van der Waals surface area contributed by atoms with E-state index in [1.807, 2.05) is 50.2 Å². The topological polar surface area (TPSA) is 78.0 Å². The van der Waals surface area contributed by atoms with Crippen molar-refractivity contribution in [2.45, 2.75) is 20.4 Å². The number of hydrogen-bond donors (Lipinski definition) is 1. The van der Waals surface area contributed by atoms with Crippen molar-refractivity contribution in [2.24, 2.45) is 7.05 Å². The molecule has 8 heteroatoms. The van der Waals surface area contributed by atoms with E-state index in [4.69, 9.17) is 11.6 Å². The zero-order valence-corrected chi connectivity index (χ0v) is 20.3. The molecule has 0 atom stereocenters. The molecule has 5 rings (SSSR count). The van der Waals surface area contributed by atoms with Gasteiger partial charge in [0.25, 0.3) is 5.56 Å². The highest BCUT2D eigenvalue weighted by molar-refractivity contribution is 6.30. The number of amides is 1. The first-order valence-electron chi connectivity index (χ1n) is 11.1. The highest BCUT2D eigenvalue weighted by atomic mass is 35.5. The third-order valence-electron chi connectivity index (χ3n) is 6.10. The molecule has 5 aromatic rings. The van der Waals surface area contributed by atoms with Crippen molar-refractivity contribution >= 4 is 45.1 Å². The summed E-state index contributed by atoms with van der Waals surface area (Å²) in [7, 11) is 1.78. The summed E-state index contributed by atoms with van der Waals surface area (Å²) in [5, 5.41) is 3.99. The number of fused-ring (bicyclic) bond motifs is 3. The summed E-state index contributed by atoms with van der Waals surface area (Å²) in [6.07, 6.45) is 0. The quantitative estimate of drug-likeness (QED) is 0.404. The molecule has 0 aliphatic carbocycles. The van der Waals surface area contributed by atoms with Gasteiger partial charge in [-0.05, 0) is 61.9 Å². The number of aromatic nitrogens is 3. The number of halogens is 1. The Morgan fingerprint density at radius 1 is 0.914 bits per heavy atom. The van der Waals surface area contributed by atoms with Crippen LogP contribution in [0.1, 0.15) is 11.1 Å². The number of anilines is 1. The maximum absolute atomic E-state index is 13.8. The average molecular weight is 487 g/mol. The van der Waals surface area contributed by atoms with Gasteiger partial charge in [0.2, 0.25) is 5.91 Å². The molecule has 1 amide bonds. The third-order valence-corrected chi connectivity index (χ3v) is 6.33. The van der Waals surface area contributed by atoms with Crippen molar-refractivity contribution in [1.82, 2.24) is 13.7 Å². The Labute approximate surface area is 205 Å². The normalized spacial score (nSPS) is 11.3. The monoisotopic (exact) mass is 486 g/mol. The van der Waals surface area contributed by atoms with Crippen molar-refractivity contribution in [3.05, 3.63) is 104 Å². The van der Waals surface area contributed by atoms with E-state index in [1.54, 1.807) is 41.9 Å². The zero-order chi connectivity index (χ0) is 24.9. The molecule has 0 aliphatic heterocycles. The molecule has 2 heterocycles. The van der Waals surface area contributed by atoms with Crippen LogP contribution in [0.5, 0.6) is 0 Å². The summed E-state index contributed by atoms with van der Waals surface area (Å²) < 4.78 is 4.20. The van der Waals surface area contributed by atoms with E-state index in [-0.39, 0.29) is 12.5 Å². The number of benzene rings is 3. The molecular weight excluding hydrogens is 464 g/mol. The van der Waals surface area contributed by atoms with Gasteiger partial charge < -0.3 is 9.88 Å². The molecule has 0 spiro atoms. The fourth-order valence-electron chi connectivity index (χ4n) is 4.52. The lowest BCUT2D eigenvalue weighted by Gasteiger charge is -2.14. The van der Waals surface area contributed by atoms with E-state index in [0.29, 0.717) is 27.4 Å². The number of nitrogens with zero attached hydrogens (tertiary/aromatic N) is 3. The number of carbonyl (C=O) groups excluding carboxylic acids is 1. The van der Waals surface area contributed by atoms with Gasteiger partial charge in [-0.25, -0.2) is 9.36 Å². The van der Waals surface area contributed by atoms with Crippen molar-refractivity contribution in [2.75, 3.05) is 5.32 Å². The summed E-state index contributed by atoms with van der Waals surface area (Å²) in [6, 6.07) is 19.8. The van der Waals surface area contributed by atoms with Crippen LogP contribution in [0.2, 0.25) is 5.02 Å². The standard InChI is InChI=1S/C27H23ClN4O3/c1-16-6-4-8-19(12-16)29-23(33)15-31-24-21-13-17(2)10-11-22(21)30(3)25(24)26(34)32(27(31)35)20-9-5-7-18(28)14-20/h4-14H,15H2,1-3H3,(H,29,33). The number of rotatable bonds is 4. The molecule has 1 N–H and O–H groups in total. The lowest BCUT2D eigenvalue weighted by atomic mass is 10.1. The molecule has 0 aliphatic rings. The van der Waals surface area contributed by atoms with Crippen LogP contribution in [-0.4, -0.2) is 19.6 Å². The first-order chi connectivity index (χ1) is 16.7. The van der Waals surface area contributed by atoms with Crippen LogP contribution in [0.25, 0.3) is 27.6 Å². The molecule has 176 valence electrons. The molecule has 35 heavy (non-hydrogen) atoms. The minimum absolute atomic E-state index is 0.267. The summed E-state index contributed by atoms with van der Waals surface area (Å²) in [4.78, 5) is 40.6. The Kier molecular flexibility index (Phi) is 5.57. The lowest BCUT2D eigenvalue weighted by molar-refractivity contribution is -0.116. The molecule has 0 unspecified atom stereocenters. The first-order valence-corrected chi connectivity index (χ1v) is 11.5. The summed E-state index contributed by atoms with van der Waals surface area (Å²) in [5.41, 5.74) is 3.41. The van der Waals surface area contributed by atoms with Crippen molar-refractivity contribution in [3.63, 3.8) is 0 Å². The number of carbonyl (C=O) groups is 1. The van der Waals surface area contributed by atoms with E-state index in [1.165, 1.54) is 4.57 Å². The largest absolute Gasteiger partial charge is 0.338 e. The Balaban J connectivity index is 1.79. The zero-order valence-electron chi connectivity index (χ0n) is 19.5. The van der Waals surface area contributed by atoms with Crippen molar-refractivity contribution in [1.29, 1.82) is 0 Å². The van der Waals surface area contributed by atoms with Crippen LogP contribution < -0.4 is 16.6 Å². The van der Waals surface area contributed by atoms with Gasteiger partial charge in [0.05, 0.1) is 16.7 Å². The van der Waals surface area contributed by atoms with Crippen LogP contribution in [-0.2, 0) is 18.4 Å². The van der Waals surface area contributed by atoms with E-state index >= 15 is 0 Å². The maximum Gasteiger partial charge on any atom is 0.336 e. The predicted molar refractivity (Wildman–Crippen MR) is 140 cm³/mol. The van der Waals surface area contributed by atoms with Gasteiger partial charge in [0.1, 0.15) is 12.1 Å². The summed E-state index contributed by atoms with van der Waals surface area (Å²) in [5.74, 6) is -0.375. The number of nitrogens with one attached hydrogen (secondary N) is 1. The minimum Gasteiger partial charge on any atom is -0.338 e. The van der Waals surface area contributed by atoms with Gasteiger partial charge >= 0.3 is 5.69 Å². The fourth-order valence-corrected chi connectivity index (χ4v) is 4.71. The van der Waals surface area contributed by atoms with Gasteiger partial charge in [-0.2, -0.15) is 0 Å². The molecule has 0 fully saturated rings. The third kappa shape index (κ3) is 3.94. The van der Waals surface area contributed by atoms with Crippen molar-refractivity contribution in [3.8, 4) is 5.69 Å². The minimum atomic E-state index is -0.613. The van der Waals surface area contributed by atoms with E-state index in [9.17, 15) is 14.4 Å². The molecule has 0 saturated carbocycles. The Morgan fingerprint density at radius 3 is 2.40 bits per heavy atom. The van der Waals surface area contributed by atoms with E-state index < -0.39 is 11.2 Å². The van der Waals surface area contributed by atoms with Crippen LogP contribution in [0.15, 0.2) is 76.3 Å². The van der Waals surface area contributed by atoms with Crippen molar-refractivity contribution < 1.29 is 4.79 Å². The van der Waals surface area contributed by atoms with Gasteiger partial charge in [0.15, 0.2) is 0 Å². The molecule has 0 bridgehead atoms. The molecule has 0 radical (unpaired) electrons. The SMILES string of the molecule is Cc1cccc(NC(=O)Cn2c(=O)n(-c3cccc(Cl)c3)c(=O)c3c2c2cc(C)ccc2n3C)c1. The second-order valence-electron chi connectivity index (χ2n) is 8.68. The second kappa shape index (κ2) is 8.60. The first kappa shape index (κ1) is 22.7. The molecule has 3 aromatic carbocycles. The number of aryl methyl sites for hydroxylation is 3. The summed E-state index contributed by atoms with van der Waals surface area (Å²) in [6.45, 7) is 3.61. The molecule has 0 saturated heterocycles. The second-order valence-corrected chi connectivity index (χ2v) is 9.12. The van der Waals surface area contributed by atoms with Gasteiger partial charge in [-0.3, -0.25) is 14.2 Å². The van der Waals surface area contributed by atoms with E-state index in [2.05, 4.69) is 5.32 Å². The van der Waals surface area contributed by atoms with Crippen LogP contribution in [0, 0.1) is 13.8 Å². The van der Waals surface area contributed by atoms with Crippen LogP contribution in [0.3, 0.4) is 0 Å². The Morgan fingerprint density at radius 2 is 1.66 bits per heavy atom. The van der Waals surface area contributed by atoms with Gasteiger partial charge in [-0.1, -0.05) is 41.4 Å². The Hall–Kier alpha value is -4.10. The Bertz CT molecular complexity index is 1760. The van der Waals surface area contributed by atoms with Gasteiger partial charge in [-0.15, -0.1) is 0 Å². The molecular formula is C27H23ClN4O3. The maximum atomic E-state index is 13.8. The smallest absolute Gasteiger partial charge is 0.336 e. The number of hydrogen-bond acceptors (Lipinski definition) is 3. The highest BCUT2D eigenvalue weighted by Crippen LogP contribution is 2.27. The molecule has 2 aromatic heterocycles. The predicted octanol–water partition coefficient (Wildman–Crippen LogP) is 4.55. The molecule has 7 nitrogen and oxygen atoms in total. The van der Waals surface area contributed by atoms with Crippen LogP contribution in [0.4, 0.5) is 5.69 Å². The van der Waals surface area contributed by atoms with E-state index in [0.717, 1.165) is 26.6 Å². The van der Waals surface area contributed by atoms with Gasteiger partial charge in [0, 0.05) is 23.1 Å². The highest BCUT2D eigenvalue weighted by Gasteiger charge is 2.22. The average Bonchev–Trinajstić information content (AvgIpc) is 3.08. The fraction of sp³-hybridized carbons (Fsp3) is 0.148. The summed E-state index contributed by atoms with van der Waals surface area (Å²) >= 11 is 6.16. The lowest BCUT2D eigenvalue weighted by Crippen LogP contribution is -2.41.